The van der Waals surface area contributed by atoms with Gasteiger partial charge in [-0.2, -0.15) is 0 Å². The predicted octanol–water partition coefficient (Wildman–Crippen LogP) is 4.95. The van der Waals surface area contributed by atoms with Crippen LogP contribution in [0.25, 0.3) is 0 Å². The van der Waals surface area contributed by atoms with Crippen molar-refractivity contribution in [3.63, 3.8) is 0 Å². The van der Waals surface area contributed by atoms with Gasteiger partial charge in [0.1, 0.15) is 9.98 Å². The highest BCUT2D eigenvalue weighted by Gasteiger charge is 2.42. The maximum absolute atomic E-state index is 12.6. The van der Waals surface area contributed by atoms with Crippen molar-refractivity contribution in [2.45, 2.75) is 123 Å². The topological polar surface area (TPSA) is 87.6 Å². The molecule has 8 nitrogen and oxygen atoms in total. The fourth-order valence-electron chi connectivity index (χ4n) is 5.43. The van der Waals surface area contributed by atoms with Crippen LogP contribution in [0.1, 0.15) is 99.3 Å². The zero-order valence-corrected chi connectivity index (χ0v) is 25.3. The van der Waals surface area contributed by atoms with Gasteiger partial charge in [0.15, 0.2) is 0 Å². The number of nitrogens with zero attached hydrogens (tertiary/aromatic N) is 4. The van der Waals surface area contributed by atoms with Gasteiger partial charge in [-0.1, -0.05) is 24.4 Å². The normalized spacial score (nSPS) is 19.0. The highest BCUT2D eigenvalue weighted by atomic mass is 32.1. The molecule has 37 heavy (non-hydrogen) atoms. The van der Waals surface area contributed by atoms with Crippen molar-refractivity contribution in [1.82, 2.24) is 19.6 Å². The second-order valence-electron chi connectivity index (χ2n) is 11.7. The number of aliphatic hydroxyl groups is 2. The predicted molar refractivity (Wildman–Crippen MR) is 156 cm³/mol. The van der Waals surface area contributed by atoms with E-state index in [-0.39, 0.29) is 23.1 Å². The lowest BCUT2D eigenvalue weighted by atomic mass is 9.92. The van der Waals surface area contributed by atoms with Gasteiger partial charge in [-0.25, -0.2) is 9.59 Å². The van der Waals surface area contributed by atoms with Gasteiger partial charge in [0.25, 0.3) is 0 Å². The molecular weight excluding hydrogens is 508 g/mol. The van der Waals surface area contributed by atoms with E-state index in [1.165, 1.54) is 0 Å². The van der Waals surface area contributed by atoms with E-state index in [9.17, 15) is 19.8 Å². The second-order valence-corrected chi connectivity index (χ2v) is 12.6. The third-order valence-electron chi connectivity index (χ3n) is 7.78. The first kappa shape index (κ1) is 31.9. The maximum atomic E-state index is 12.6. The van der Waals surface area contributed by atoms with Gasteiger partial charge in [0.2, 0.25) is 0 Å². The lowest BCUT2D eigenvalue weighted by Gasteiger charge is -2.35. The highest BCUT2D eigenvalue weighted by molar-refractivity contribution is 7.80. The molecule has 4 amide bonds. The highest BCUT2D eigenvalue weighted by Crippen LogP contribution is 2.30. The molecule has 2 N–H and O–H groups in total. The molecular formula is C27H48N4O4S2. The van der Waals surface area contributed by atoms with E-state index in [4.69, 9.17) is 24.4 Å². The van der Waals surface area contributed by atoms with Gasteiger partial charge in [-0.3, -0.25) is 9.80 Å². The lowest BCUT2D eigenvalue weighted by Crippen LogP contribution is -2.48. The van der Waals surface area contributed by atoms with E-state index in [2.05, 4.69) is 0 Å². The Kier molecular flexibility index (Phi) is 11.7. The molecule has 0 aromatic heterocycles. The number of rotatable bonds is 16. The van der Waals surface area contributed by atoms with Crippen LogP contribution in [0, 0.1) is 0 Å². The summed E-state index contributed by atoms with van der Waals surface area (Å²) in [5.74, 6) is 0. The third kappa shape index (κ3) is 8.31. The van der Waals surface area contributed by atoms with E-state index < -0.39 is 12.2 Å². The van der Waals surface area contributed by atoms with Gasteiger partial charge >= 0.3 is 12.1 Å². The summed E-state index contributed by atoms with van der Waals surface area (Å²) in [6, 6.07) is -0.0406. The minimum absolute atomic E-state index is 0.0203. The molecule has 2 unspecified atom stereocenters. The van der Waals surface area contributed by atoms with Crippen LogP contribution in [0.3, 0.4) is 0 Å². The van der Waals surface area contributed by atoms with Crippen LogP contribution in [-0.4, -0.2) is 101 Å². The second kappa shape index (κ2) is 13.6. The standard InChI is InChI=1S/C27H48N4O4S2/c1-7-28-18-22(36)30(24(28)34)26(3,4)16-10-14-20(32)12-9-13-21(33)15-11-17-27(5,6)31-23(37)19-29(8-2)25(31)35/h20-21,32-33H,7-19H2,1-6H3. The summed E-state index contributed by atoms with van der Waals surface area (Å²) in [5, 5.41) is 20.9. The first-order valence-electron chi connectivity index (χ1n) is 13.8. The fraction of sp³-hybridized carbons (Fsp3) is 0.852. The van der Waals surface area contributed by atoms with Crippen LogP contribution in [0.4, 0.5) is 9.59 Å². The molecule has 0 saturated carbocycles. The molecule has 2 saturated heterocycles. The summed E-state index contributed by atoms with van der Waals surface area (Å²) in [7, 11) is 0. The Bertz CT molecular complexity index is 769. The number of carbonyl (C=O) groups excluding carboxylic acids is 2. The molecule has 0 aromatic rings. The Balaban J connectivity index is 1.64. The van der Waals surface area contributed by atoms with Gasteiger partial charge in [-0.05, 0) is 99.3 Å². The van der Waals surface area contributed by atoms with Crippen LogP contribution in [0.2, 0.25) is 0 Å². The molecule has 2 rings (SSSR count). The maximum Gasteiger partial charge on any atom is 0.325 e. The Morgan fingerprint density at radius 3 is 1.32 bits per heavy atom. The van der Waals surface area contributed by atoms with Gasteiger partial charge in [-0.15, -0.1) is 0 Å². The summed E-state index contributed by atoms with van der Waals surface area (Å²) in [6.07, 6.45) is 5.70. The first-order chi connectivity index (χ1) is 17.2. The number of hydrogen-bond donors (Lipinski definition) is 2. The van der Waals surface area contributed by atoms with E-state index in [0.717, 1.165) is 32.1 Å². The average Bonchev–Trinajstić information content (AvgIpc) is 3.27. The van der Waals surface area contributed by atoms with Gasteiger partial charge in [0.05, 0.1) is 25.3 Å². The fourth-order valence-corrected chi connectivity index (χ4v) is 6.39. The molecule has 0 radical (unpaired) electrons. The van der Waals surface area contributed by atoms with Crippen molar-refractivity contribution in [2.75, 3.05) is 26.2 Å². The largest absolute Gasteiger partial charge is 0.393 e. The van der Waals surface area contributed by atoms with Crippen molar-refractivity contribution < 1.29 is 19.8 Å². The summed E-state index contributed by atoms with van der Waals surface area (Å²) in [5.41, 5.74) is -0.750. The Morgan fingerprint density at radius 2 is 1.03 bits per heavy atom. The van der Waals surface area contributed by atoms with E-state index >= 15 is 0 Å². The van der Waals surface area contributed by atoms with E-state index in [1.807, 2.05) is 41.5 Å². The van der Waals surface area contributed by atoms with E-state index in [1.54, 1.807) is 19.6 Å². The van der Waals surface area contributed by atoms with Gasteiger partial charge < -0.3 is 20.0 Å². The van der Waals surface area contributed by atoms with Crippen LogP contribution < -0.4 is 0 Å². The monoisotopic (exact) mass is 556 g/mol. The van der Waals surface area contributed by atoms with Crippen molar-refractivity contribution in [1.29, 1.82) is 0 Å². The average molecular weight is 557 g/mol. The number of urea groups is 2. The molecule has 212 valence electrons. The quantitative estimate of drug-likeness (QED) is 0.262. The number of aliphatic hydroxyl groups excluding tert-OH is 2. The van der Waals surface area contributed by atoms with Crippen LogP contribution in [0.15, 0.2) is 0 Å². The van der Waals surface area contributed by atoms with Crippen LogP contribution in [-0.2, 0) is 0 Å². The molecule has 0 aliphatic carbocycles. The molecule has 2 aliphatic rings. The summed E-state index contributed by atoms with van der Waals surface area (Å²) >= 11 is 10.9. The molecule has 2 aliphatic heterocycles. The van der Waals surface area contributed by atoms with Crippen LogP contribution in [0.5, 0.6) is 0 Å². The minimum atomic E-state index is -0.418. The summed E-state index contributed by atoms with van der Waals surface area (Å²) < 4.78 is 0. The van der Waals surface area contributed by atoms with Crippen molar-refractivity contribution in [2.24, 2.45) is 0 Å². The molecule has 0 aromatic carbocycles. The van der Waals surface area contributed by atoms with E-state index in [0.29, 0.717) is 61.8 Å². The van der Waals surface area contributed by atoms with Gasteiger partial charge in [0, 0.05) is 24.2 Å². The Hall–Kier alpha value is -1.36. The Morgan fingerprint density at radius 1 is 0.703 bits per heavy atom. The molecule has 2 atom stereocenters. The number of carbonyl (C=O) groups is 2. The van der Waals surface area contributed by atoms with Crippen molar-refractivity contribution >= 4 is 46.5 Å². The first-order valence-corrected chi connectivity index (χ1v) is 14.7. The molecule has 10 heteroatoms. The molecule has 0 bridgehead atoms. The third-order valence-corrected chi connectivity index (χ3v) is 8.40. The number of hydrogen-bond acceptors (Lipinski definition) is 6. The molecule has 0 spiro atoms. The number of thiocarbonyl (C=S) groups is 2. The lowest BCUT2D eigenvalue weighted by molar-refractivity contribution is 0.114. The number of likely N-dealkylation sites (N-methyl/N-ethyl adjacent to an activating group) is 2. The van der Waals surface area contributed by atoms with Crippen LogP contribution >= 0.6 is 24.4 Å². The minimum Gasteiger partial charge on any atom is -0.393 e. The van der Waals surface area contributed by atoms with Crippen molar-refractivity contribution in [3.05, 3.63) is 0 Å². The smallest absolute Gasteiger partial charge is 0.325 e. The van der Waals surface area contributed by atoms with Crippen molar-refractivity contribution in [3.8, 4) is 0 Å². The summed E-state index contributed by atoms with van der Waals surface area (Å²) in [4.78, 5) is 33.6. The summed E-state index contributed by atoms with van der Waals surface area (Å²) in [6.45, 7) is 14.4. The zero-order chi connectivity index (χ0) is 28.0. The SMILES string of the molecule is CCN1CC(=S)N(C(C)(C)CCCC(O)CCCC(O)CCCC(C)(C)N2C(=O)N(CC)CC2=S)C1=O. The number of amides is 4. The molecule has 2 fully saturated rings. The zero-order valence-electron chi connectivity index (χ0n) is 23.7. The Labute approximate surface area is 234 Å². The molecule has 2 heterocycles.